The van der Waals surface area contributed by atoms with E-state index in [1.54, 1.807) is 12.1 Å². The number of nitrogens with one attached hydrogen (secondary N) is 2. The highest BCUT2D eigenvalue weighted by Crippen LogP contribution is 2.16. The Morgan fingerprint density at radius 3 is 3.11 bits per heavy atom. The highest BCUT2D eigenvalue weighted by Gasteiger charge is 2.16. The predicted octanol–water partition coefficient (Wildman–Crippen LogP) is 2.17. The van der Waals surface area contributed by atoms with Crippen LogP contribution in [0.25, 0.3) is 0 Å². The van der Waals surface area contributed by atoms with Crippen LogP contribution >= 0.6 is 0 Å². The third kappa shape index (κ3) is 3.70. The molecule has 5 nitrogen and oxygen atoms in total. The van der Waals surface area contributed by atoms with Crippen LogP contribution in [0.2, 0.25) is 0 Å². The molecule has 1 atom stereocenters. The first-order valence-electron chi connectivity index (χ1n) is 6.36. The minimum absolute atomic E-state index is 0.122. The summed E-state index contributed by atoms with van der Waals surface area (Å²) in [5.74, 6) is 0. The van der Waals surface area contributed by atoms with Gasteiger partial charge in [-0.2, -0.15) is 5.26 Å². The molecule has 5 heteroatoms. The zero-order chi connectivity index (χ0) is 13.7. The number of aryl methyl sites for hydroxylation is 1. The summed E-state index contributed by atoms with van der Waals surface area (Å²) < 4.78 is 5.43. The van der Waals surface area contributed by atoms with Crippen LogP contribution < -0.4 is 10.6 Å². The standard InChI is InChI=1S/C14H17N3O2/c1-10-4-5-11(8-15)7-13(10)17-14(18)16-9-12-3-2-6-19-12/h4-5,7,12H,2-3,6,9H2,1H3,(H2,16,17,18). The Kier molecular flexibility index (Phi) is 4.37. The second-order valence-electron chi connectivity index (χ2n) is 4.61. The monoisotopic (exact) mass is 259 g/mol. The maximum absolute atomic E-state index is 11.8. The van der Waals surface area contributed by atoms with E-state index in [0.717, 1.165) is 25.0 Å². The number of hydrogen-bond acceptors (Lipinski definition) is 3. The molecule has 100 valence electrons. The van der Waals surface area contributed by atoms with Gasteiger partial charge in [0.2, 0.25) is 0 Å². The van der Waals surface area contributed by atoms with Gasteiger partial charge >= 0.3 is 6.03 Å². The molecule has 0 spiro atoms. The third-order valence-electron chi connectivity index (χ3n) is 3.13. The largest absolute Gasteiger partial charge is 0.376 e. The SMILES string of the molecule is Cc1ccc(C#N)cc1NC(=O)NCC1CCCO1. The number of urea groups is 1. The lowest BCUT2D eigenvalue weighted by molar-refractivity contribution is 0.112. The van der Waals surface area contributed by atoms with E-state index in [-0.39, 0.29) is 12.1 Å². The van der Waals surface area contributed by atoms with Crippen molar-refractivity contribution < 1.29 is 9.53 Å². The lowest BCUT2D eigenvalue weighted by atomic mass is 10.1. The number of carbonyl (C=O) groups excluding carboxylic acids is 1. The predicted molar refractivity (Wildman–Crippen MR) is 71.9 cm³/mol. The molecule has 1 heterocycles. The van der Waals surface area contributed by atoms with Crippen molar-refractivity contribution in [3.8, 4) is 6.07 Å². The van der Waals surface area contributed by atoms with Crippen molar-refractivity contribution >= 4 is 11.7 Å². The van der Waals surface area contributed by atoms with E-state index in [1.165, 1.54) is 0 Å². The van der Waals surface area contributed by atoms with Gasteiger partial charge in [-0.05, 0) is 37.5 Å². The van der Waals surface area contributed by atoms with Gasteiger partial charge in [-0.15, -0.1) is 0 Å². The fourth-order valence-corrected chi connectivity index (χ4v) is 2.00. The Balaban J connectivity index is 1.89. The molecule has 1 aliphatic heterocycles. The number of carbonyl (C=O) groups is 1. The molecule has 1 unspecified atom stereocenters. The van der Waals surface area contributed by atoms with Gasteiger partial charge in [0.25, 0.3) is 0 Å². The highest BCUT2D eigenvalue weighted by molar-refractivity contribution is 5.90. The number of nitriles is 1. The van der Waals surface area contributed by atoms with Gasteiger partial charge in [-0.25, -0.2) is 4.79 Å². The minimum atomic E-state index is -0.270. The molecule has 19 heavy (non-hydrogen) atoms. The Labute approximate surface area is 112 Å². The summed E-state index contributed by atoms with van der Waals surface area (Å²) in [6.45, 7) is 3.18. The topological polar surface area (TPSA) is 74.2 Å². The van der Waals surface area contributed by atoms with Gasteiger partial charge in [0, 0.05) is 18.8 Å². The summed E-state index contributed by atoms with van der Waals surface area (Å²) in [6.07, 6.45) is 2.16. The van der Waals surface area contributed by atoms with Gasteiger partial charge in [0.15, 0.2) is 0 Å². The van der Waals surface area contributed by atoms with Crippen LogP contribution in [-0.2, 0) is 4.74 Å². The maximum Gasteiger partial charge on any atom is 0.319 e. The molecule has 2 N–H and O–H groups in total. The molecule has 0 aliphatic carbocycles. The van der Waals surface area contributed by atoms with Crippen LogP contribution in [0.4, 0.5) is 10.5 Å². The molecule has 1 aromatic rings. The molecule has 0 saturated carbocycles. The van der Waals surface area contributed by atoms with Crippen molar-refractivity contribution in [3.05, 3.63) is 29.3 Å². The van der Waals surface area contributed by atoms with Gasteiger partial charge in [0.05, 0.1) is 17.7 Å². The normalized spacial score (nSPS) is 17.8. The van der Waals surface area contributed by atoms with Crippen LogP contribution in [0.5, 0.6) is 0 Å². The molecule has 0 bridgehead atoms. The average Bonchev–Trinajstić information content (AvgIpc) is 2.92. The van der Waals surface area contributed by atoms with Crippen LogP contribution in [0.15, 0.2) is 18.2 Å². The van der Waals surface area contributed by atoms with Crippen LogP contribution in [0.3, 0.4) is 0 Å². The van der Waals surface area contributed by atoms with Crippen molar-refractivity contribution in [2.24, 2.45) is 0 Å². The number of amides is 2. The van der Waals surface area contributed by atoms with Crippen molar-refractivity contribution in [2.75, 3.05) is 18.5 Å². The summed E-state index contributed by atoms with van der Waals surface area (Å²) in [6, 6.07) is 6.99. The lowest BCUT2D eigenvalue weighted by Gasteiger charge is -2.13. The molecule has 1 aromatic carbocycles. The summed E-state index contributed by atoms with van der Waals surface area (Å²) >= 11 is 0. The van der Waals surface area contributed by atoms with Crippen molar-refractivity contribution in [1.82, 2.24) is 5.32 Å². The molecule has 1 fully saturated rings. The Bertz CT molecular complexity index is 502. The fraction of sp³-hybridized carbons (Fsp3) is 0.429. The van der Waals surface area contributed by atoms with E-state index >= 15 is 0 Å². The minimum Gasteiger partial charge on any atom is -0.376 e. The van der Waals surface area contributed by atoms with Gasteiger partial charge in [0.1, 0.15) is 0 Å². The van der Waals surface area contributed by atoms with Gasteiger partial charge in [-0.1, -0.05) is 6.07 Å². The first kappa shape index (κ1) is 13.4. The second-order valence-corrected chi connectivity index (χ2v) is 4.61. The zero-order valence-corrected chi connectivity index (χ0v) is 10.9. The van der Waals surface area contributed by atoms with Gasteiger partial charge < -0.3 is 15.4 Å². The summed E-state index contributed by atoms with van der Waals surface area (Å²) in [5, 5.41) is 14.4. The summed E-state index contributed by atoms with van der Waals surface area (Å²) in [7, 11) is 0. The van der Waals surface area contributed by atoms with Crippen molar-refractivity contribution in [1.29, 1.82) is 5.26 Å². The highest BCUT2D eigenvalue weighted by atomic mass is 16.5. The molecular formula is C14H17N3O2. The number of rotatable bonds is 3. The average molecular weight is 259 g/mol. The van der Waals surface area contributed by atoms with Gasteiger partial charge in [-0.3, -0.25) is 0 Å². The quantitative estimate of drug-likeness (QED) is 0.873. The van der Waals surface area contributed by atoms with E-state index < -0.39 is 0 Å². The molecule has 2 rings (SSSR count). The van der Waals surface area contributed by atoms with Crippen LogP contribution in [-0.4, -0.2) is 25.3 Å². The fourth-order valence-electron chi connectivity index (χ4n) is 2.00. The maximum atomic E-state index is 11.8. The lowest BCUT2D eigenvalue weighted by Crippen LogP contribution is -2.35. The van der Waals surface area contributed by atoms with Crippen LogP contribution in [0.1, 0.15) is 24.0 Å². The molecule has 1 saturated heterocycles. The molecular weight excluding hydrogens is 242 g/mol. The zero-order valence-electron chi connectivity index (χ0n) is 10.9. The molecule has 0 aromatic heterocycles. The van der Waals surface area contributed by atoms with E-state index in [4.69, 9.17) is 10.00 Å². The molecule has 2 amide bonds. The summed E-state index contributed by atoms with van der Waals surface area (Å²) in [5.41, 5.74) is 2.11. The second kappa shape index (κ2) is 6.21. The Hall–Kier alpha value is -2.06. The Morgan fingerprint density at radius 2 is 2.42 bits per heavy atom. The summed E-state index contributed by atoms with van der Waals surface area (Å²) in [4.78, 5) is 11.8. The van der Waals surface area contributed by atoms with E-state index in [1.807, 2.05) is 13.0 Å². The first-order chi connectivity index (χ1) is 9.19. The number of benzene rings is 1. The molecule has 0 radical (unpaired) electrons. The number of anilines is 1. The smallest absolute Gasteiger partial charge is 0.319 e. The van der Waals surface area contributed by atoms with Crippen molar-refractivity contribution in [3.63, 3.8) is 0 Å². The van der Waals surface area contributed by atoms with Crippen LogP contribution in [0, 0.1) is 18.3 Å². The number of nitrogens with zero attached hydrogens (tertiary/aromatic N) is 1. The van der Waals surface area contributed by atoms with E-state index in [2.05, 4.69) is 16.7 Å². The van der Waals surface area contributed by atoms with Crippen molar-refractivity contribution in [2.45, 2.75) is 25.9 Å². The number of ether oxygens (including phenoxy) is 1. The molecule has 1 aliphatic rings. The first-order valence-corrected chi connectivity index (χ1v) is 6.36. The Morgan fingerprint density at radius 1 is 1.58 bits per heavy atom. The third-order valence-corrected chi connectivity index (χ3v) is 3.13. The van der Waals surface area contributed by atoms with E-state index in [9.17, 15) is 4.79 Å². The van der Waals surface area contributed by atoms with E-state index in [0.29, 0.717) is 17.8 Å². The number of hydrogen-bond donors (Lipinski definition) is 2.